The van der Waals surface area contributed by atoms with Crippen LogP contribution in [0.3, 0.4) is 0 Å². The average Bonchev–Trinajstić information content (AvgIpc) is 2.95. The first kappa shape index (κ1) is 15.1. The molecule has 0 aliphatic rings. The second kappa shape index (κ2) is 5.79. The normalized spacial score (nSPS) is 11.0. The minimum atomic E-state index is -0.715. The third-order valence-electron chi connectivity index (χ3n) is 3.61. The summed E-state index contributed by atoms with van der Waals surface area (Å²) in [6.07, 6.45) is 0. The fraction of sp³-hybridized carbons (Fsp3) is 0.118. The van der Waals surface area contributed by atoms with Gasteiger partial charge in [0.05, 0.1) is 0 Å². The maximum atomic E-state index is 13.7. The Morgan fingerprint density at radius 3 is 2.57 bits per heavy atom. The molecule has 1 aromatic heterocycles. The van der Waals surface area contributed by atoms with Crippen molar-refractivity contribution in [1.29, 1.82) is 0 Å². The van der Waals surface area contributed by atoms with Crippen molar-refractivity contribution in [3.63, 3.8) is 0 Å². The molecule has 1 N–H and O–H groups in total. The van der Waals surface area contributed by atoms with Crippen LogP contribution < -0.4 is 0 Å². The van der Waals surface area contributed by atoms with Crippen molar-refractivity contribution >= 4 is 16.8 Å². The predicted molar refractivity (Wildman–Crippen MR) is 80.4 cm³/mol. The highest BCUT2D eigenvalue weighted by Gasteiger charge is 2.17. The number of amides is 1. The third-order valence-corrected chi connectivity index (χ3v) is 3.61. The van der Waals surface area contributed by atoms with Gasteiger partial charge in [0.15, 0.2) is 0 Å². The predicted octanol–water partition coefficient (Wildman–Crippen LogP) is 3.86. The van der Waals surface area contributed by atoms with Gasteiger partial charge in [-0.05, 0) is 24.3 Å². The number of fused-ring (bicyclic) bond motifs is 1. The van der Waals surface area contributed by atoms with Crippen molar-refractivity contribution in [1.82, 2.24) is 9.88 Å². The first-order valence-corrected chi connectivity index (χ1v) is 6.92. The van der Waals surface area contributed by atoms with Crippen molar-refractivity contribution in [3.05, 3.63) is 71.2 Å². The van der Waals surface area contributed by atoms with Crippen LogP contribution in [0.4, 0.5) is 13.2 Å². The third kappa shape index (κ3) is 2.92. The molecule has 0 aliphatic heterocycles. The zero-order chi connectivity index (χ0) is 16.6. The molecule has 1 heterocycles. The van der Waals surface area contributed by atoms with E-state index in [0.29, 0.717) is 10.9 Å². The van der Waals surface area contributed by atoms with E-state index in [0.717, 1.165) is 12.1 Å². The van der Waals surface area contributed by atoms with Crippen LogP contribution in [0.2, 0.25) is 0 Å². The molecule has 0 aliphatic carbocycles. The van der Waals surface area contributed by atoms with Gasteiger partial charge in [0.2, 0.25) is 0 Å². The van der Waals surface area contributed by atoms with E-state index in [1.165, 1.54) is 30.1 Å². The number of aromatic amines is 1. The topological polar surface area (TPSA) is 36.1 Å². The van der Waals surface area contributed by atoms with Crippen LogP contribution in [-0.2, 0) is 6.54 Å². The van der Waals surface area contributed by atoms with Crippen molar-refractivity contribution in [3.8, 4) is 0 Å². The summed E-state index contributed by atoms with van der Waals surface area (Å²) >= 11 is 0. The number of carbonyl (C=O) groups excluding carboxylic acids is 1. The molecule has 2 aromatic carbocycles. The maximum Gasteiger partial charge on any atom is 0.270 e. The molecule has 0 radical (unpaired) electrons. The molecule has 0 atom stereocenters. The highest BCUT2D eigenvalue weighted by atomic mass is 19.1. The summed E-state index contributed by atoms with van der Waals surface area (Å²) in [4.78, 5) is 16.5. The van der Waals surface area contributed by atoms with E-state index in [1.54, 1.807) is 12.1 Å². The molecule has 3 nitrogen and oxygen atoms in total. The Balaban J connectivity index is 1.84. The lowest BCUT2D eigenvalue weighted by Gasteiger charge is -2.16. The number of nitrogens with zero attached hydrogens (tertiary/aromatic N) is 1. The molecule has 23 heavy (non-hydrogen) atoms. The standard InChI is InChI=1S/C17H13F3N2O/c1-22(9-10-5-6-11(18)7-14(10)20)17(23)16-8-12-13(19)3-2-4-15(12)21-16/h2-8,21H,9H2,1H3. The van der Waals surface area contributed by atoms with E-state index in [9.17, 15) is 18.0 Å². The summed E-state index contributed by atoms with van der Waals surface area (Å²) in [6, 6.07) is 9.13. The molecule has 0 saturated carbocycles. The molecule has 1 amide bonds. The van der Waals surface area contributed by atoms with Crippen LogP contribution in [0.5, 0.6) is 0 Å². The van der Waals surface area contributed by atoms with Crippen LogP contribution in [0.1, 0.15) is 16.1 Å². The van der Waals surface area contributed by atoms with Crippen LogP contribution in [-0.4, -0.2) is 22.8 Å². The minimum absolute atomic E-state index is 0.0250. The zero-order valence-electron chi connectivity index (χ0n) is 12.2. The van der Waals surface area contributed by atoms with Crippen LogP contribution in [0, 0.1) is 17.5 Å². The number of hydrogen-bond acceptors (Lipinski definition) is 1. The summed E-state index contributed by atoms with van der Waals surface area (Å²) in [6.45, 7) is -0.0250. The van der Waals surface area contributed by atoms with E-state index in [4.69, 9.17) is 0 Å². The Morgan fingerprint density at radius 1 is 1.09 bits per heavy atom. The van der Waals surface area contributed by atoms with Gasteiger partial charge in [-0.25, -0.2) is 13.2 Å². The molecule has 0 unspecified atom stereocenters. The Hall–Kier alpha value is -2.76. The van der Waals surface area contributed by atoms with Crippen molar-refractivity contribution in [2.75, 3.05) is 7.05 Å². The molecule has 0 bridgehead atoms. The smallest absolute Gasteiger partial charge is 0.270 e. The molecule has 6 heteroatoms. The van der Waals surface area contributed by atoms with Gasteiger partial charge in [-0.3, -0.25) is 4.79 Å². The molecule has 3 aromatic rings. The van der Waals surface area contributed by atoms with Crippen molar-refractivity contribution in [2.45, 2.75) is 6.54 Å². The first-order chi connectivity index (χ1) is 11.0. The summed E-state index contributed by atoms with van der Waals surface area (Å²) in [5.41, 5.74) is 0.911. The molecule has 0 spiro atoms. The highest BCUT2D eigenvalue weighted by molar-refractivity contribution is 5.98. The van der Waals surface area contributed by atoms with Gasteiger partial charge < -0.3 is 9.88 Å². The Bertz CT molecular complexity index is 889. The van der Waals surface area contributed by atoms with E-state index in [2.05, 4.69) is 4.98 Å². The SMILES string of the molecule is CN(Cc1ccc(F)cc1F)C(=O)c1cc2c(F)cccc2[nH]1. The molecular weight excluding hydrogens is 305 g/mol. The van der Waals surface area contributed by atoms with Gasteiger partial charge in [0, 0.05) is 36.1 Å². The van der Waals surface area contributed by atoms with Crippen molar-refractivity contribution < 1.29 is 18.0 Å². The monoisotopic (exact) mass is 318 g/mol. The second-order valence-electron chi connectivity index (χ2n) is 5.28. The number of nitrogens with one attached hydrogen (secondary N) is 1. The number of H-pyrrole nitrogens is 1. The quantitative estimate of drug-likeness (QED) is 0.782. The molecule has 118 valence electrons. The Morgan fingerprint density at radius 2 is 1.87 bits per heavy atom. The lowest BCUT2D eigenvalue weighted by atomic mass is 10.2. The van der Waals surface area contributed by atoms with E-state index >= 15 is 0 Å². The number of halogens is 3. The number of carbonyl (C=O) groups is 1. The first-order valence-electron chi connectivity index (χ1n) is 6.92. The van der Waals surface area contributed by atoms with Gasteiger partial charge >= 0.3 is 0 Å². The largest absolute Gasteiger partial charge is 0.350 e. The average molecular weight is 318 g/mol. The van der Waals surface area contributed by atoms with E-state index in [-0.39, 0.29) is 17.8 Å². The van der Waals surface area contributed by atoms with Crippen molar-refractivity contribution in [2.24, 2.45) is 0 Å². The Labute approximate surface area is 130 Å². The van der Waals surface area contributed by atoms with Gasteiger partial charge in [-0.2, -0.15) is 0 Å². The van der Waals surface area contributed by atoms with Gasteiger partial charge in [-0.1, -0.05) is 12.1 Å². The molecule has 0 fully saturated rings. The number of aromatic nitrogens is 1. The summed E-state index contributed by atoms with van der Waals surface area (Å²) in [7, 11) is 1.49. The summed E-state index contributed by atoms with van der Waals surface area (Å²) in [5.74, 6) is -2.23. The van der Waals surface area contributed by atoms with Crippen LogP contribution in [0.25, 0.3) is 10.9 Å². The number of hydrogen-bond donors (Lipinski definition) is 1. The zero-order valence-corrected chi connectivity index (χ0v) is 12.2. The summed E-state index contributed by atoms with van der Waals surface area (Å²) in [5, 5.41) is 0.317. The van der Waals surface area contributed by atoms with Gasteiger partial charge in [-0.15, -0.1) is 0 Å². The van der Waals surface area contributed by atoms with E-state index < -0.39 is 23.4 Å². The van der Waals surface area contributed by atoms with Crippen LogP contribution in [0.15, 0.2) is 42.5 Å². The fourth-order valence-corrected chi connectivity index (χ4v) is 2.42. The highest BCUT2D eigenvalue weighted by Crippen LogP contribution is 2.20. The summed E-state index contributed by atoms with van der Waals surface area (Å²) < 4.78 is 40.2. The lowest BCUT2D eigenvalue weighted by Crippen LogP contribution is -2.26. The fourth-order valence-electron chi connectivity index (χ4n) is 2.42. The molecule has 3 rings (SSSR count). The number of benzene rings is 2. The van der Waals surface area contributed by atoms with Gasteiger partial charge in [0.1, 0.15) is 23.1 Å². The lowest BCUT2D eigenvalue weighted by molar-refractivity contribution is 0.0779. The minimum Gasteiger partial charge on any atom is -0.350 e. The van der Waals surface area contributed by atoms with Crippen LogP contribution >= 0.6 is 0 Å². The Kier molecular flexibility index (Phi) is 3.82. The second-order valence-corrected chi connectivity index (χ2v) is 5.28. The molecular formula is C17H13F3N2O. The van der Waals surface area contributed by atoms with Gasteiger partial charge in [0.25, 0.3) is 5.91 Å². The molecule has 0 saturated heterocycles. The number of rotatable bonds is 3. The van der Waals surface area contributed by atoms with E-state index in [1.807, 2.05) is 0 Å². The maximum absolute atomic E-state index is 13.7.